The Morgan fingerprint density at radius 3 is 2.22 bits per heavy atom. The predicted molar refractivity (Wildman–Crippen MR) is 65.7 cm³/mol. The largest absolute Gasteiger partial charge is 0.207 e. The van der Waals surface area contributed by atoms with E-state index in [1.165, 1.54) is 0 Å². The van der Waals surface area contributed by atoms with E-state index in [1.54, 1.807) is 12.1 Å². The minimum Gasteiger partial charge on any atom is -0.207 e. The van der Waals surface area contributed by atoms with Crippen LogP contribution in [0.25, 0.3) is 11.1 Å². The van der Waals surface area contributed by atoms with Crippen molar-refractivity contribution in [1.29, 1.82) is 0 Å². The third kappa shape index (κ3) is 2.55. The molecule has 18 heavy (non-hydrogen) atoms. The van der Waals surface area contributed by atoms with Gasteiger partial charge in [-0.2, -0.15) is 0 Å². The van der Waals surface area contributed by atoms with Crippen LogP contribution in [-0.2, 0) is 6.42 Å². The van der Waals surface area contributed by atoms with Gasteiger partial charge in [-0.05, 0) is 23.6 Å². The Hall–Kier alpha value is -1.77. The summed E-state index contributed by atoms with van der Waals surface area (Å²) < 4.78 is 39.8. The molecule has 0 aliphatic rings. The SMILES string of the molecule is CCCc1ccc(-c2cc(F)cc(F)c2F)cc1. The molecule has 2 aromatic carbocycles. The zero-order chi connectivity index (χ0) is 13.1. The normalized spacial score (nSPS) is 10.7. The van der Waals surface area contributed by atoms with Gasteiger partial charge in [0.25, 0.3) is 0 Å². The van der Waals surface area contributed by atoms with Crippen molar-refractivity contribution in [3.05, 3.63) is 59.4 Å². The Balaban J connectivity index is 2.42. The first kappa shape index (κ1) is 12.7. The van der Waals surface area contributed by atoms with Gasteiger partial charge in [-0.3, -0.25) is 0 Å². The molecule has 0 amide bonds. The van der Waals surface area contributed by atoms with Crippen LogP contribution in [0.2, 0.25) is 0 Å². The van der Waals surface area contributed by atoms with Gasteiger partial charge in [-0.1, -0.05) is 37.6 Å². The molecule has 0 saturated heterocycles. The molecule has 0 nitrogen and oxygen atoms in total. The van der Waals surface area contributed by atoms with Gasteiger partial charge < -0.3 is 0 Å². The molecule has 2 aromatic rings. The van der Waals surface area contributed by atoms with Crippen molar-refractivity contribution in [3.8, 4) is 11.1 Å². The van der Waals surface area contributed by atoms with E-state index >= 15 is 0 Å². The number of rotatable bonds is 3. The Labute approximate surface area is 104 Å². The summed E-state index contributed by atoms with van der Waals surface area (Å²) in [5, 5.41) is 0. The van der Waals surface area contributed by atoms with Crippen LogP contribution in [0.15, 0.2) is 36.4 Å². The van der Waals surface area contributed by atoms with Crippen LogP contribution in [0.5, 0.6) is 0 Å². The molecule has 2 rings (SSSR count). The van der Waals surface area contributed by atoms with Gasteiger partial charge >= 0.3 is 0 Å². The fraction of sp³-hybridized carbons (Fsp3) is 0.200. The highest BCUT2D eigenvalue weighted by Crippen LogP contribution is 2.26. The summed E-state index contributed by atoms with van der Waals surface area (Å²) in [5.41, 5.74) is 1.56. The lowest BCUT2D eigenvalue weighted by molar-refractivity contribution is 0.497. The quantitative estimate of drug-likeness (QED) is 0.691. The first-order valence-corrected chi connectivity index (χ1v) is 5.85. The van der Waals surface area contributed by atoms with Gasteiger partial charge in [0.2, 0.25) is 0 Å². The van der Waals surface area contributed by atoms with Crippen LogP contribution < -0.4 is 0 Å². The molecule has 0 N–H and O–H groups in total. The maximum absolute atomic E-state index is 13.6. The number of aryl methyl sites for hydroxylation is 1. The number of hydrogen-bond donors (Lipinski definition) is 0. The lowest BCUT2D eigenvalue weighted by Gasteiger charge is -2.06. The molecule has 0 saturated carbocycles. The van der Waals surface area contributed by atoms with Gasteiger partial charge in [0, 0.05) is 11.6 Å². The first-order valence-electron chi connectivity index (χ1n) is 5.85. The van der Waals surface area contributed by atoms with Crippen LogP contribution in [0.1, 0.15) is 18.9 Å². The van der Waals surface area contributed by atoms with Crippen molar-refractivity contribution in [3.63, 3.8) is 0 Å². The fourth-order valence-electron chi connectivity index (χ4n) is 1.91. The van der Waals surface area contributed by atoms with Gasteiger partial charge in [-0.15, -0.1) is 0 Å². The van der Waals surface area contributed by atoms with Crippen molar-refractivity contribution < 1.29 is 13.2 Å². The van der Waals surface area contributed by atoms with Gasteiger partial charge in [0.15, 0.2) is 11.6 Å². The summed E-state index contributed by atoms with van der Waals surface area (Å²) >= 11 is 0. The molecule has 0 aliphatic heterocycles. The molecule has 0 aromatic heterocycles. The standard InChI is InChI=1S/C15H13F3/c1-2-3-10-4-6-11(7-5-10)13-8-12(16)9-14(17)15(13)18/h4-9H,2-3H2,1H3. The summed E-state index contributed by atoms with van der Waals surface area (Å²) in [5.74, 6) is -2.95. The van der Waals surface area contributed by atoms with Crippen molar-refractivity contribution >= 4 is 0 Å². The maximum atomic E-state index is 13.6. The maximum Gasteiger partial charge on any atom is 0.166 e. The van der Waals surface area contributed by atoms with Gasteiger partial charge in [-0.25, -0.2) is 13.2 Å². The zero-order valence-corrected chi connectivity index (χ0v) is 10.0. The minimum absolute atomic E-state index is 0.0458. The molecule has 0 radical (unpaired) electrons. The Morgan fingerprint density at radius 1 is 0.944 bits per heavy atom. The first-order chi connectivity index (χ1) is 8.61. The highest BCUT2D eigenvalue weighted by atomic mass is 19.2. The van der Waals surface area contributed by atoms with E-state index in [4.69, 9.17) is 0 Å². The molecule has 0 aliphatic carbocycles. The number of halogens is 3. The molecular weight excluding hydrogens is 237 g/mol. The monoisotopic (exact) mass is 250 g/mol. The van der Waals surface area contributed by atoms with E-state index in [2.05, 4.69) is 6.92 Å². The summed E-state index contributed by atoms with van der Waals surface area (Å²) in [4.78, 5) is 0. The van der Waals surface area contributed by atoms with Crippen LogP contribution in [0.3, 0.4) is 0 Å². The van der Waals surface area contributed by atoms with E-state index in [0.717, 1.165) is 24.5 Å². The van der Waals surface area contributed by atoms with E-state index in [9.17, 15) is 13.2 Å². The van der Waals surface area contributed by atoms with E-state index in [-0.39, 0.29) is 5.56 Å². The Morgan fingerprint density at radius 2 is 1.61 bits per heavy atom. The van der Waals surface area contributed by atoms with Crippen LogP contribution in [0.4, 0.5) is 13.2 Å². The third-order valence-corrected chi connectivity index (χ3v) is 2.80. The van der Waals surface area contributed by atoms with E-state index in [1.807, 2.05) is 12.1 Å². The fourth-order valence-corrected chi connectivity index (χ4v) is 1.91. The molecule has 3 heteroatoms. The van der Waals surface area contributed by atoms with Crippen molar-refractivity contribution in [2.75, 3.05) is 0 Å². The van der Waals surface area contributed by atoms with Crippen LogP contribution in [-0.4, -0.2) is 0 Å². The second-order valence-corrected chi connectivity index (χ2v) is 4.20. The molecule has 0 heterocycles. The van der Waals surface area contributed by atoms with Crippen molar-refractivity contribution in [1.82, 2.24) is 0 Å². The molecule has 94 valence electrons. The summed E-state index contributed by atoms with van der Waals surface area (Å²) in [6.45, 7) is 2.07. The molecule has 0 atom stereocenters. The molecule has 0 bridgehead atoms. The highest BCUT2D eigenvalue weighted by molar-refractivity contribution is 5.64. The second-order valence-electron chi connectivity index (χ2n) is 4.20. The molecular formula is C15H13F3. The zero-order valence-electron chi connectivity index (χ0n) is 10.0. The third-order valence-electron chi connectivity index (χ3n) is 2.80. The second kappa shape index (κ2) is 5.25. The van der Waals surface area contributed by atoms with Crippen molar-refractivity contribution in [2.45, 2.75) is 19.8 Å². The Kier molecular flexibility index (Phi) is 3.70. The van der Waals surface area contributed by atoms with Crippen molar-refractivity contribution in [2.24, 2.45) is 0 Å². The summed E-state index contributed by atoms with van der Waals surface area (Å²) in [6.07, 6.45) is 1.95. The van der Waals surface area contributed by atoms with E-state index in [0.29, 0.717) is 11.6 Å². The molecule has 0 spiro atoms. The molecule has 0 fully saturated rings. The van der Waals surface area contributed by atoms with E-state index < -0.39 is 17.5 Å². The number of hydrogen-bond acceptors (Lipinski definition) is 0. The number of benzene rings is 2. The van der Waals surface area contributed by atoms with Crippen LogP contribution in [0, 0.1) is 17.5 Å². The van der Waals surface area contributed by atoms with Gasteiger partial charge in [0.05, 0.1) is 0 Å². The lowest BCUT2D eigenvalue weighted by Crippen LogP contribution is -1.92. The smallest absolute Gasteiger partial charge is 0.166 e. The topological polar surface area (TPSA) is 0 Å². The average Bonchev–Trinajstić information content (AvgIpc) is 2.35. The summed E-state index contributed by atoms with van der Waals surface area (Å²) in [6, 6.07) is 8.62. The lowest BCUT2D eigenvalue weighted by atomic mass is 10.0. The van der Waals surface area contributed by atoms with Crippen LogP contribution >= 0.6 is 0 Å². The minimum atomic E-state index is -1.16. The predicted octanol–water partition coefficient (Wildman–Crippen LogP) is 4.72. The molecule has 0 unspecified atom stereocenters. The Bertz CT molecular complexity index is 544. The highest BCUT2D eigenvalue weighted by Gasteiger charge is 2.12. The summed E-state index contributed by atoms with van der Waals surface area (Å²) in [7, 11) is 0. The van der Waals surface area contributed by atoms with Gasteiger partial charge in [0.1, 0.15) is 5.82 Å². The average molecular weight is 250 g/mol.